The molecule has 1 atom stereocenters. The largest absolute Gasteiger partial charge is 0.415 e. The van der Waals surface area contributed by atoms with Gasteiger partial charge in [-0.2, -0.15) is 18.4 Å². The van der Waals surface area contributed by atoms with Gasteiger partial charge in [0.05, 0.1) is 22.3 Å². The number of hydrogen-bond acceptors (Lipinski definition) is 3. The number of nitriles is 1. The van der Waals surface area contributed by atoms with E-state index in [1.54, 1.807) is 6.07 Å². The van der Waals surface area contributed by atoms with E-state index in [9.17, 15) is 18.0 Å². The van der Waals surface area contributed by atoms with Crippen LogP contribution in [0.1, 0.15) is 12.5 Å². The number of halogens is 4. The lowest BCUT2D eigenvalue weighted by atomic mass is 10.0. The molecule has 0 radical (unpaired) electrons. The molecule has 1 unspecified atom stereocenters. The Morgan fingerprint density at radius 3 is 2.53 bits per heavy atom. The zero-order valence-electron chi connectivity index (χ0n) is 9.68. The number of rotatable bonds is 2. The van der Waals surface area contributed by atoms with Crippen LogP contribution in [0.15, 0.2) is 18.2 Å². The molecule has 0 bridgehead atoms. The van der Waals surface area contributed by atoms with Gasteiger partial charge in [-0.1, -0.05) is 11.6 Å². The van der Waals surface area contributed by atoms with Crippen molar-refractivity contribution >= 4 is 23.2 Å². The standard InChI is InChI=1S/C11H9ClF3N3O/c1-10(17,11(13,14)15)9(19)18-8-4-6(5-16)2-3-7(8)12/h2-4H,17H2,1H3,(H,18,19). The second kappa shape index (κ2) is 5.07. The number of nitrogens with two attached hydrogens (primary N) is 1. The molecule has 1 aromatic carbocycles. The van der Waals surface area contributed by atoms with Crippen molar-refractivity contribution < 1.29 is 18.0 Å². The van der Waals surface area contributed by atoms with Gasteiger partial charge in [0.25, 0.3) is 5.91 Å². The molecule has 0 aromatic heterocycles. The molecule has 1 rings (SSSR count). The number of carbonyl (C=O) groups excluding carboxylic acids is 1. The van der Waals surface area contributed by atoms with Gasteiger partial charge in [-0.25, -0.2) is 0 Å². The molecule has 1 aromatic rings. The highest BCUT2D eigenvalue weighted by Crippen LogP contribution is 2.30. The van der Waals surface area contributed by atoms with Crippen molar-refractivity contribution in [2.45, 2.75) is 18.6 Å². The summed E-state index contributed by atoms with van der Waals surface area (Å²) in [4.78, 5) is 11.5. The second-order valence-corrected chi connectivity index (χ2v) is 4.37. The van der Waals surface area contributed by atoms with Crippen molar-refractivity contribution in [3.05, 3.63) is 28.8 Å². The molecule has 8 heteroatoms. The molecule has 0 saturated carbocycles. The third-order valence-corrected chi connectivity index (χ3v) is 2.73. The Morgan fingerprint density at radius 1 is 1.47 bits per heavy atom. The van der Waals surface area contributed by atoms with E-state index in [0.717, 1.165) is 6.07 Å². The van der Waals surface area contributed by atoms with Crippen LogP contribution in [0.25, 0.3) is 0 Å². The van der Waals surface area contributed by atoms with Gasteiger partial charge >= 0.3 is 6.18 Å². The van der Waals surface area contributed by atoms with E-state index in [4.69, 9.17) is 22.6 Å². The summed E-state index contributed by atoms with van der Waals surface area (Å²) in [6.45, 7) is 0.546. The Labute approximate surface area is 111 Å². The van der Waals surface area contributed by atoms with Crippen molar-refractivity contribution in [2.75, 3.05) is 5.32 Å². The number of amides is 1. The van der Waals surface area contributed by atoms with Crippen molar-refractivity contribution in [3.63, 3.8) is 0 Å². The molecular weight excluding hydrogens is 283 g/mol. The third-order valence-electron chi connectivity index (χ3n) is 2.40. The van der Waals surface area contributed by atoms with Gasteiger partial charge in [-0.05, 0) is 25.1 Å². The van der Waals surface area contributed by atoms with Crippen LogP contribution in [0.2, 0.25) is 5.02 Å². The lowest BCUT2D eigenvalue weighted by Gasteiger charge is -2.26. The molecule has 0 aliphatic heterocycles. The first-order valence-corrected chi connectivity index (χ1v) is 5.34. The highest BCUT2D eigenvalue weighted by molar-refractivity contribution is 6.33. The summed E-state index contributed by atoms with van der Waals surface area (Å²) in [6, 6.07) is 5.59. The van der Waals surface area contributed by atoms with Crippen LogP contribution in [-0.4, -0.2) is 17.6 Å². The molecule has 0 fully saturated rings. The van der Waals surface area contributed by atoms with Gasteiger partial charge in [0.1, 0.15) is 0 Å². The van der Waals surface area contributed by atoms with E-state index in [1.807, 2.05) is 5.32 Å². The minimum absolute atomic E-state index is 0.00493. The minimum Gasteiger partial charge on any atom is -0.323 e. The van der Waals surface area contributed by atoms with Crippen LogP contribution in [-0.2, 0) is 4.79 Å². The Bertz CT molecular complexity index is 549. The van der Waals surface area contributed by atoms with Crippen LogP contribution < -0.4 is 11.1 Å². The molecule has 19 heavy (non-hydrogen) atoms. The van der Waals surface area contributed by atoms with Gasteiger partial charge in [0.2, 0.25) is 0 Å². The van der Waals surface area contributed by atoms with Gasteiger partial charge in [-0.15, -0.1) is 0 Å². The number of hydrogen-bond donors (Lipinski definition) is 2. The Balaban J connectivity index is 3.04. The smallest absolute Gasteiger partial charge is 0.323 e. The summed E-state index contributed by atoms with van der Waals surface area (Å²) in [6.07, 6.45) is -4.91. The summed E-state index contributed by atoms with van der Waals surface area (Å²) in [7, 11) is 0. The van der Waals surface area contributed by atoms with Crippen LogP contribution in [0.4, 0.5) is 18.9 Å². The van der Waals surface area contributed by atoms with E-state index in [0.29, 0.717) is 6.92 Å². The summed E-state index contributed by atoms with van der Waals surface area (Å²) < 4.78 is 37.7. The van der Waals surface area contributed by atoms with Gasteiger partial charge < -0.3 is 11.1 Å². The first-order chi connectivity index (χ1) is 8.59. The number of alkyl halides is 3. The van der Waals surface area contributed by atoms with E-state index in [1.165, 1.54) is 12.1 Å². The van der Waals surface area contributed by atoms with E-state index < -0.39 is 17.6 Å². The molecule has 4 nitrogen and oxygen atoms in total. The summed E-state index contributed by atoms with van der Waals surface area (Å²) in [5.41, 5.74) is 1.94. The van der Waals surface area contributed by atoms with Crippen molar-refractivity contribution in [1.82, 2.24) is 0 Å². The number of nitrogens with zero attached hydrogens (tertiary/aromatic N) is 1. The second-order valence-electron chi connectivity index (χ2n) is 3.96. The summed E-state index contributed by atoms with van der Waals surface area (Å²) >= 11 is 5.72. The summed E-state index contributed by atoms with van der Waals surface area (Å²) in [5, 5.41) is 10.6. The van der Waals surface area contributed by atoms with Crippen LogP contribution in [0.3, 0.4) is 0 Å². The van der Waals surface area contributed by atoms with Crippen LogP contribution >= 0.6 is 11.6 Å². The molecular formula is C11H9ClF3N3O. The lowest BCUT2D eigenvalue weighted by Crippen LogP contribution is -2.59. The SMILES string of the molecule is CC(N)(C(=O)Nc1cc(C#N)ccc1Cl)C(F)(F)F. The van der Waals surface area contributed by atoms with Crippen molar-refractivity contribution in [1.29, 1.82) is 5.26 Å². The van der Waals surface area contributed by atoms with Gasteiger partial charge in [0, 0.05) is 0 Å². The molecule has 0 aliphatic carbocycles. The highest BCUT2D eigenvalue weighted by atomic mass is 35.5. The predicted octanol–water partition coefficient (Wildman–Crippen LogP) is 2.43. The maximum Gasteiger partial charge on any atom is 0.415 e. The van der Waals surface area contributed by atoms with E-state index in [-0.39, 0.29) is 16.3 Å². The first kappa shape index (κ1) is 15.3. The fourth-order valence-corrected chi connectivity index (χ4v) is 1.24. The normalized spacial score (nSPS) is 14.4. The molecule has 102 valence electrons. The van der Waals surface area contributed by atoms with Crippen LogP contribution in [0, 0.1) is 11.3 Å². The van der Waals surface area contributed by atoms with Gasteiger partial charge in [0.15, 0.2) is 5.54 Å². The van der Waals surface area contributed by atoms with E-state index >= 15 is 0 Å². The van der Waals surface area contributed by atoms with Crippen molar-refractivity contribution in [3.8, 4) is 6.07 Å². The minimum atomic E-state index is -4.91. The Hall–Kier alpha value is -1.78. The van der Waals surface area contributed by atoms with Gasteiger partial charge in [-0.3, -0.25) is 4.79 Å². The predicted molar refractivity (Wildman–Crippen MR) is 63.4 cm³/mol. The molecule has 0 aliphatic rings. The quantitative estimate of drug-likeness (QED) is 0.878. The molecule has 0 spiro atoms. The summed E-state index contributed by atoms with van der Waals surface area (Å²) in [5.74, 6) is -1.46. The Morgan fingerprint density at radius 2 is 2.05 bits per heavy atom. The Kier molecular flexibility index (Phi) is 4.08. The number of carbonyl (C=O) groups is 1. The topological polar surface area (TPSA) is 78.9 Å². The van der Waals surface area contributed by atoms with Crippen molar-refractivity contribution in [2.24, 2.45) is 5.73 Å². The fourth-order valence-electron chi connectivity index (χ4n) is 1.07. The zero-order valence-corrected chi connectivity index (χ0v) is 10.4. The maximum absolute atomic E-state index is 12.6. The average molecular weight is 292 g/mol. The average Bonchev–Trinajstić information content (AvgIpc) is 2.30. The molecule has 1 amide bonds. The number of benzene rings is 1. The lowest BCUT2D eigenvalue weighted by molar-refractivity contribution is -0.184. The highest BCUT2D eigenvalue weighted by Gasteiger charge is 2.54. The monoisotopic (exact) mass is 291 g/mol. The fraction of sp³-hybridized carbons (Fsp3) is 0.273. The van der Waals surface area contributed by atoms with Crippen LogP contribution in [0.5, 0.6) is 0 Å². The third kappa shape index (κ3) is 3.16. The molecule has 0 heterocycles. The number of anilines is 1. The number of nitrogens with one attached hydrogen (secondary N) is 1. The molecule has 3 N–H and O–H groups in total. The van der Waals surface area contributed by atoms with E-state index in [2.05, 4.69) is 0 Å². The maximum atomic E-state index is 12.6. The first-order valence-electron chi connectivity index (χ1n) is 4.96. The molecule has 0 saturated heterocycles. The zero-order chi connectivity index (χ0) is 14.8.